The van der Waals surface area contributed by atoms with Crippen LogP contribution in [0.25, 0.3) is 5.65 Å². The van der Waals surface area contributed by atoms with Crippen LogP contribution in [-0.2, 0) is 0 Å². The molecule has 0 unspecified atom stereocenters. The Hall–Kier alpha value is -3.29. The molecule has 22 heavy (non-hydrogen) atoms. The first kappa shape index (κ1) is 13.7. The molecule has 0 amide bonds. The Kier molecular flexibility index (Phi) is 3.26. The summed E-state index contributed by atoms with van der Waals surface area (Å²) in [6, 6.07) is 9.07. The largest absolute Gasteiger partial charge is 0.504 e. The minimum absolute atomic E-state index is 0.0439. The summed E-state index contributed by atoms with van der Waals surface area (Å²) >= 11 is 0. The maximum Gasteiger partial charge on any atom is 0.271 e. The Morgan fingerprint density at radius 1 is 1.27 bits per heavy atom. The Labute approximate surface area is 124 Å². The molecule has 0 aliphatic rings. The van der Waals surface area contributed by atoms with Crippen molar-refractivity contribution in [1.29, 1.82) is 0 Å². The van der Waals surface area contributed by atoms with Crippen molar-refractivity contribution in [1.82, 2.24) is 9.38 Å². The zero-order valence-corrected chi connectivity index (χ0v) is 11.5. The summed E-state index contributed by atoms with van der Waals surface area (Å²) < 4.78 is 1.60. The summed E-state index contributed by atoms with van der Waals surface area (Å²) in [5, 5.41) is 28.6. The van der Waals surface area contributed by atoms with Gasteiger partial charge in [0.15, 0.2) is 17.2 Å². The first-order valence-corrected chi connectivity index (χ1v) is 6.39. The van der Waals surface area contributed by atoms with Crippen molar-refractivity contribution in [2.24, 2.45) is 10.2 Å². The van der Waals surface area contributed by atoms with Gasteiger partial charge in [-0.2, -0.15) is 0 Å². The van der Waals surface area contributed by atoms with Gasteiger partial charge in [-0.3, -0.25) is 14.5 Å². The number of aromatic nitrogens is 2. The number of nitro groups is 1. The van der Waals surface area contributed by atoms with E-state index in [0.717, 1.165) is 0 Å². The van der Waals surface area contributed by atoms with E-state index in [-0.39, 0.29) is 11.4 Å². The number of hydrogen-bond donors (Lipinski definition) is 1. The van der Waals surface area contributed by atoms with Gasteiger partial charge in [0.1, 0.15) is 0 Å². The number of benzene rings is 1. The number of nitrogens with zero attached hydrogens (tertiary/aromatic N) is 5. The Balaban J connectivity index is 2.03. The number of azo groups is 1. The predicted molar refractivity (Wildman–Crippen MR) is 78.9 cm³/mol. The van der Waals surface area contributed by atoms with Gasteiger partial charge in [-0.1, -0.05) is 6.07 Å². The van der Waals surface area contributed by atoms with E-state index < -0.39 is 4.92 Å². The van der Waals surface area contributed by atoms with Gasteiger partial charge in [0, 0.05) is 18.3 Å². The van der Waals surface area contributed by atoms with Crippen molar-refractivity contribution in [3.05, 3.63) is 58.4 Å². The van der Waals surface area contributed by atoms with Crippen LogP contribution in [0.4, 0.5) is 17.2 Å². The third-order valence-corrected chi connectivity index (χ3v) is 3.07. The molecule has 110 valence electrons. The number of imidazole rings is 1. The summed E-state index contributed by atoms with van der Waals surface area (Å²) in [5.41, 5.74) is 1.29. The fraction of sp³-hybridized carbons (Fsp3) is 0.0714. The zero-order chi connectivity index (χ0) is 15.7. The third-order valence-electron chi connectivity index (χ3n) is 3.07. The molecule has 0 bridgehead atoms. The average molecular weight is 297 g/mol. The van der Waals surface area contributed by atoms with Crippen LogP contribution >= 0.6 is 0 Å². The molecule has 2 aromatic heterocycles. The molecule has 1 N–H and O–H groups in total. The van der Waals surface area contributed by atoms with E-state index in [4.69, 9.17) is 0 Å². The van der Waals surface area contributed by atoms with Gasteiger partial charge in [-0.15, -0.1) is 10.2 Å². The lowest BCUT2D eigenvalue weighted by Gasteiger charge is -1.97. The van der Waals surface area contributed by atoms with Crippen LogP contribution in [0.15, 0.2) is 52.8 Å². The quantitative estimate of drug-likeness (QED) is 0.452. The molecule has 0 aliphatic heterocycles. The number of non-ortho nitro benzene ring substituents is 1. The first-order chi connectivity index (χ1) is 10.6. The van der Waals surface area contributed by atoms with Crippen LogP contribution < -0.4 is 0 Å². The number of fused-ring (bicyclic) bond motifs is 1. The number of nitro benzene ring substituents is 1. The van der Waals surface area contributed by atoms with Crippen LogP contribution in [0.1, 0.15) is 5.69 Å². The van der Waals surface area contributed by atoms with Gasteiger partial charge in [0.05, 0.1) is 16.3 Å². The van der Waals surface area contributed by atoms with Crippen LogP contribution in [0.5, 0.6) is 5.75 Å². The Morgan fingerprint density at radius 2 is 2.09 bits per heavy atom. The fourth-order valence-corrected chi connectivity index (χ4v) is 2.05. The minimum atomic E-state index is -0.490. The van der Waals surface area contributed by atoms with E-state index in [1.165, 1.54) is 18.2 Å². The Bertz CT molecular complexity index is 901. The average Bonchev–Trinajstić information content (AvgIpc) is 2.83. The molecule has 1 aromatic carbocycles. The molecule has 3 aromatic rings. The monoisotopic (exact) mass is 297 g/mol. The lowest BCUT2D eigenvalue weighted by Crippen LogP contribution is -1.85. The number of aromatic hydroxyl groups is 1. The van der Waals surface area contributed by atoms with Crippen molar-refractivity contribution in [3.8, 4) is 5.75 Å². The second-order valence-corrected chi connectivity index (χ2v) is 4.58. The summed E-state index contributed by atoms with van der Waals surface area (Å²) in [5.74, 6) is 0.500. The lowest BCUT2D eigenvalue weighted by atomic mass is 10.3. The standard InChI is InChI=1S/C14H11N5O3/c1-9-13(18-7-3-6-12(20)14(18)15-9)17-16-10-4-2-5-11(8-10)19(21)22/h2-8,20H,1H3. The van der Waals surface area contributed by atoms with Gasteiger partial charge < -0.3 is 5.11 Å². The highest BCUT2D eigenvalue weighted by Gasteiger charge is 2.11. The van der Waals surface area contributed by atoms with Crippen molar-refractivity contribution >= 4 is 22.8 Å². The number of rotatable bonds is 3. The molecule has 0 saturated heterocycles. The molecule has 3 rings (SSSR count). The van der Waals surface area contributed by atoms with Gasteiger partial charge in [-0.25, -0.2) is 4.98 Å². The molecule has 0 spiro atoms. The molecule has 0 saturated carbocycles. The molecule has 0 aliphatic carbocycles. The van der Waals surface area contributed by atoms with Gasteiger partial charge in [-0.05, 0) is 25.1 Å². The van der Waals surface area contributed by atoms with Gasteiger partial charge in [0.25, 0.3) is 5.69 Å². The molecular formula is C14H11N5O3. The normalized spacial score (nSPS) is 11.3. The van der Waals surface area contributed by atoms with E-state index in [1.807, 2.05) is 0 Å². The van der Waals surface area contributed by atoms with E-state index in [0.29, 0.717) is 22.8 Å². The number of aryl methyl sites for hydroxylation is 1. The van der Waals surface area contributed by atoms with Crippen LogP contribution in [0.2, 0.25) is 0 Å². The molecule has 2 heterocycles. The van der Waals surface area contributed by atoms with E-state index in [1.54, 1.807) is 35.7 Å². The fourth-order valence-electron chi connectivity index (χ4n) is 2.05. The van der Waals surface area contributed by atoms with Crippen molar-refractivity contribution < 1.29 is 10.0 Å². The van der Waals surface area contributed by atoms with Crippen molar-refractivity contribution in [3.63, 3.8) is 0 Å². The van der Waals surface area contributed by atoms with Gasteiger partial charge in [0.2, 0.25) is 0 Å². The van der Waals surface area contributed by atoms with Crippen molar-refractivity contribution in [2.75, 3.05) is 0 Å². The number of pyridine rings is 1. The maximum absolute atomic E-state index is 10.7. The molecule has 8 nitrogen and oxygen atoms in total. The molecule has 0 radical (unpaired) electrons. The second kappa shape index (κ2) is 5.24. The first-order valence-electron chi connectivity index (χ1n) is 6.39. The van der Waals surface area contributed by atoms with E-state index in [9.17, 15) is 15.2 Å². The highest BCUT2D eigenvalue weighted by atomic mass is 16.6. The molecule has 8 heteroatoms. The Morgan fingerprint density at radius 3 is 2.86 bits per heavy atom. The lowest BCUT2D eigenvalue weighted by molar-refractivity contribution is -0.384. The zero-order valence-electron chi connectivity index (χ0n) is 11.5. The van der Waals surface area contributed by atoms with Crippen molar-refractivity contribution in [2.45, 2.75) is 6.92 Å². The van der Waals surface area contributed by atoms with Gasteiger partial charge >= 0.3 is 0 Å². The third kappa shape index (κ3) is 2.37. The second-order valence-electron chi connectivity index (χ2n) is 4.58. The minimum Gasteiger partial charge on any atom is -0.504 e. The number of hydrogen-bond acceptors (Lipinski definition) is 6. The highest BCUT2D eigenvalue weighted by molar-refractivity contribution is 5.60. The van der Waals surface area contributed by atoms with E-state index >= 15 is 0 Å². The highest BCUT2D eigenvalue weighted by Crippen LogP contribution is 2.28. The summed E-state index contributed by atoms with van der Waals surface area (Å²) in [6.07, 6.45) is 1.71. The predicted octanol–water partition coefficient (Wildman–Crippen LogP) is 3.67. The molecule has 0 fully saturated rings. The molecule has 0 atom stereocenters. The molecular weight excluding hydrogens is 286 g/mol. The SMILES string of the molecule is Cc1nc2c(O)cccn2c1N=Nc1cccc([N+](=O)[O-])c1. The summed E-state index contributed by atoms with van der Waals surface area (Å²) in [7, 11) is 0. The van der Waals surface area contributed by atoms with E-state index in [2.05, 4.69) is 15.2 Å². The maximum atomic E-state index is 10.7. The van der Waals surface area contributed by atoms with Crippen LogP contribution in [0, 0.1) is 17.0 Å². The summed E-state index contributed by atoms with van der Waals surface area (Å²) in [6.45, 7) is 1.74. The van der Waals surface area contributed by atoms with Crippen LogP contribution in [-0.4, -0.2) is 19.4 Å². The topological polar surface area (TPSA) is 105 Å². The van der Waals surface area contributed by atoms with Crippen LogP contribution in [0.3, 0.4) is 0 Å². The summed E-state index contributed by atoms with van der Waals surface area (Å²) in [4.78, 5) is 14.5. The smallest absolute Gasteiger partial charge is 0.271 e.